The summed E-state index contributed by atoms with van der Waals surface area (Å²) < 4.78 is 1.68. The predicted octanol–water partition coefficient (Wildman–Crippen LogP) is 0.227. The molecule has 10 heavy (non-hydrogen) atoms. The van der Waals surface area contributed by atoms with E-state index in [1.165, 1.54) is 0 Å². The largest absolute Gasteiger partial charge is 0.382 e. The van der Waals surface area contributed by atoms with Crippen LogP contribution in [0.15, 0.2) is 6.58 Å². The van der Waals surface area contributed by atoms with Gasteiger partial charge in [0.15, 0.2) is 5.82 Å². The van der Waals surface area contributed by atoms with Gasteiger partial charge in [0, 0.05) is 7.05 Å². The smallest absolute Gasteiger partial charge is 0.166 e. The highest BCUT2D eigenvalue weighted by Crippen LogP contribution is 2.14. The first-order chi connectivity index (χ1) is 4.66. The maximum atomic E-state index is 5.51. The number of nitrogen functional groups attached to an aromatic ring is 2. The highest BCUT2D eigenvalue weighted by atomic mass is 15.1. The first-order valence-corrected chi connectivity index (χ1v) is 2.87. The summed E-state index contributed by atoms with van der Waals surface area (Å²) in [6, 6.07) is 0. The molecule has 1 aromatic heterocycles. The van der Waals surface area contributed by atoms with Crippen molar-refractivity contribution in [2.45, 2.75) is 0 Å². The normalized spacial score (nSPS) is 9.70. The predicted molar refractivity (Wildman–Crippen MR) is 42.1 cm³/mol. The van der Waals surface area contributed by atoms with Gasteiger partial charge < -0.3 is 16.0 Å². The van der Waals surface area contributed by atoms with Crippen LogP contribution in [0, 0.1) is 0 Å². The Labute approximate surface area is 59.2 Å². The molecule has 0 atom stereocenters. The van der Waals surface area contributed by atoms with E-state index in [9.17, 15) is 0 Å². The molecule has 1 aromatic rings. The van der Waals surface area contributed by atoms with Crippen LogP contribution in [0.25, 0.3) is 6.08 Å². The zero-order valence-electron chi connectivity index (χ0n) is 5.83. The molecule has 0 aliphatic rings. The number of rotatable bonds is 1. The van der Waals surface area contributed by atoms with Crippen molar-refractivity contribution < 1.29 is 0 Å². The van der Waals surface area contributed by atoms with E-state index < -0.39 is 0 Å². The highest BCUT2D eigenvalue weighted by molar-refractivity contribution is 5.58. The molecule has 0 radical (unpaired) electrons. The Balaban J connectivity index is 3.30. The summed E-state index contributed by atoms with van der Waals surface area (Å²) in [6.45, 7) is 3.55. The van der Waals surface area contributed by atoms with Gasteiger partial charge in [-0.3, -0.25) is 0 Å². The topological polar surface area (TPSA) is 69.9 Å². The summed E-state index contributed by atoms with van der Waals surface area (Å²) in [5, 5.41) is 0. The molecule has 0 fully saturated rings. The second kappa shape index (κ2) is 2.06. The molecule has 0 saturated heterocycles. The van der Waals surface area contributed by atoms with E-state index in [0.717, 1.165) is 0 Å². The lowest BCUT2D eigenvalue weighted by Crippen LogP contribution is -1.99. The zero-order valence-corrected chi connectivity index (χ0v) is 5.83. The molecule has 0 amide bonds. The fourth-order valence-corrected chi connectivity index (χ4v) is 0.733. The van der Waals surface area contributed by atoms with Crippen molar-refractivity contribution in [3.05, 3.63) is 12.4 Å². The minimum atomic E-state index is 0.359. The third kappa shape index (κ3) is 0.737. The van der Waals surface area contributed by atoms with Gasteiger partial charge in [0.05, 0.1) is 0 Å². The minimum absolute atomic E-state index is 0.359. The van der Waals surface area contributed by atoms with E-state index >= 15 is 0 Å². The molecule has 0 unspecified atom stereocenters. The summed E-state index contributed by atoms with van der Waals surface area (Å²) in [6.07, 6.45) is 1.60. The Hall–Kier alpha value is -1.45. The van der Waals surface area contributed by atoms with Gasteiger partial charge in [-0.15, -0.1) is 0 Å². The van der Waals surface area contributed by atoms with Crippen molar-refractivity contribution in [3.63, 3.8) is 0 Å². The Bertz CT molecular complexity index is 261. The van der Waals surface area contributed by atoms with E-state index in [1.807, 2.05) is 0 Å². The molecule has 0 aromatic carbocycles. The van der Waals surface area contributed by atoms with Gasteiger partial charge in [-0.2, -0.15) is 0 Å². The van der Waals surface area contributed by atoms with Crippen LogP contribution >= 0.6 is 0 Å². The van der Waals surface area contributed by atoms with Crippen LogP contribution in [0.4, 0.5) is 11.6 Å². The third-order valence-electron chi connectivity index (χ3n) is 1.39. The van der Waals surface area contributed by atoms with E-state index in [0.29, 0.717) is 17.5 Å². The average Bonchev–Trinajstić information content (AvgIpc) is 2.17. The first kappa shape index (κ1) is 6.67. The van der Waals surface area contributed by atoms with Crippen LogP contribution in [0.2, 0.25) is 0 Å². The molecule has 54 valence electrons. The van der Waals surface area contributed by atoms with Crippen molar-refractivity contribution in [2.75, 3.05) is 11.5 Å². The Kier molecular flexibility index (Phi) is 1.37. The highest BCUT2D eigenvalue weighted by Gasteiger charge is 2.04. The fourth-order valence-electron chi connectivity index (χ4n) is 0.733. The number of hydrogen-bond donors (Lipinski definition) is 2. The summed E-state index contributed by atoms with van der Waals surface area (Å²) in [5.41, 5.74) is 10.9. The first-order valence-electron chi connectivity index (χ1n) is 2.87. The second-order valence-electron chi connectivity index (χ2n) is 2.00. The van der Waals surface area contributed by atoms with Crippen molar-refractivity contribution in [2.24, 2.45) is 7.05 Å². The van der Waals surface area contributed by atoms with Crippen molar-refractivity contribution in [3.8, 4) is 0 Å². The molecule has 4 N–H and O–H groups in total. The number of aromatic nitrogens is 2. The van der Waals surface area contributed by atoms with E-state index in [4.69, 9.17) is 11.5 Å². The molecule has 0 spiro atoms. The van der Waals surface area contributed by atoms with Gasteiger partial charge in [0.1, 0.15) is 11.6 Å². The fraction of sp³-hybridized carbons (Fsp3) is 0.167. The van der Waals surface area contributed by atoms with Crippen LogP contribution in [-0.2, 0) is 7.05 Å². The SMILES string of the molecule is C=Cc1nc(N)c(N)n1C. The number of nitrogens with two attached hydrogens (primary N) is 2. The summed E-state index contributed by atoms with van der Waals surface area (Å²) in [7, 11) is 1.79. The van der Waals surface area contributed by atoms with Crippen LogP contribution in [0.5, 0.6) is 0 Å². The van der Waals surface area contributed by atoms with E-state index in [-0.39, 0.29) is 0 Å². The van der Waals surface area contributed by atoms with Crippen LogP contribution in [0.1, 0.15) is 5.82 Å². The lowest BCUT2D eigenvalue weighted by atomic mass is 10.6. The molecule has 4 nitrogen and oxygen atoms in total. The molecule has 0 aliphatic heterocycles. The van der Waals surface area contributed by atoms with Crippen molar-refractivity contribution in [1.29, 1.82) is 0 Å². The Morgan fingerprint density at radius 1 is 1.60 bits per heavy atom. The minimum Gasteiger partial charge on any atom is -0.382 e. The van der Waals surface area contributed by atoms with E-state index in [2.05, 4.69) is 11.6 Å². The molecular formula is C6H10N4. The molecule has 0 saturated carbocycles. The monoisotopic (exact) mass is 138 g/mol. The summed E-state index contributed by atoms with van der Waals surface area (Å²) in [4.78, 5) is 3.93. The molecular weight excluding hydrogens is 128 g/mol. The van der Waals surface area contributed by atoms with Gasteiger partial charge in [0.25, 0.3) is 0 Å². The maximum absolute atomic E-state index is 5.51. The molecule has 0 bridgehead atoms. The quantitative estimate of drug-likeness (QED) is 0.583. The van der Waals surface area contributed by atoms with Gasteiger partial charge in [-0.05, 0) is 6.08 Å². The van der Waals surface area contributed by atoms with Crippen LogP contribution in [-0.4, -0.2) is 9.55 Å². The van der Waals surface area contributed by atoms with E-state index in [1.54, 1.807) is 17.7 Å². The van der Waals surface area contributed by atoms with Crippen LogP contribution in [0.3, 0.4) is 0 Å². The number of nitrogens with zero attached hydrogens (tertiary/aromatic N) is 2. The zero-order chi connectivity index (χ0) is 7.72. The van der Waals surface area contributed by atoms with Crippen LogP contribution < -0.4 is 11.5 Å². The van der Waals surface area contributed by atoms with Gasteiger partial charge >= 0.3 is 0 Å². The number of imidazole rings is 1. The Morgan fingerprint density at radius 2 is 2.20 bits per heavy atom. The molecule has 1 heterocycles. The number of anilines is 2. The lowest BCUT2D eigenvalue weighted by Gasteiger charge is -1.95. The van der Waals surface area contributed by atoms with Gasteiger partial charge in [0.2, 0.25) is 0 Å². The van der Waals surface area contributed by atoms with Gasteiger partial charge in [-0.1, -0.05) is 6.58 Å². The number of hydrogen-bond acceptors (Lipinski definition) is 3. The summed E-state index contributed by atoms with van der Waals surface area (Å²) in [5.74, 6) is 1.53. The standard InChI is InChI=1S/C6H10N4/c1-3-4-9-5(7)6(8)10(4)2/h3H,1,7-8H2,2H3. The summed E-state index contributed by atoms with van der Waals surface area (Å²) >= 11 is 0. The lowest BCUT2D eigenvalue weighted by molar-refractivity contribution is 0.909. The van der Waals surface area contributed by atoms with Crippen molar-refractivity contribution in [1.82, 2.24) is 9.55 Å². The molecule has 4 heteroatoms. The third-order valence-corrected chi connectivity index (χ3v) is 1.39. The molecule has 1 rings (SSSR count). The van der Waals surface area contributed by atoms with Crippen molar-refractivity contribution >= 4 is 17.7 Å². The second-order valence-corrected chi connectivity index (χ2v) is 2.00. The van der Waals surface area contributed by atoms with Gasteiger partial charge in [-0.25, -0.2) is 4.98 Å². The average molecular weight is 138 g/mol. The maximum Gasteiger partial charge on any atom is 0.166 e. The molecule has 0 aliphatic carbocycles. The Morgan fingerprint density at radius 3 is 2.40 bits per heavy atom.